The van der Waals surface area contributed by atoms with Crippen molar-refractivity contribution < 1.29 is 14.3 Å². The average molecular weight is 412 g/mol. The number of rotatable bonds is 4. The second-order valence-electron chi connectivity index (χ2n) is 5.39. The Bertz CT molecular complexity index is 586. The smallest absolute Gasteiger partial charge is 0.338 e. The molecule has 0 aliphatic heterocycles. The third-order valence-electron chi connectivity index (χ3n) is 3.71. The van der Waals surface area contributed by atoms with Gasteiger partial charge in [0.2, 0.25) is 0 Å². The Hall–Kier alpha value is -1.62. The van der Waals surface area contributed by atoms with E-state index < -0.39 is 17.4 Å². The van der Waals surface area contributed by atoms with Gasteiger partial charge in [-0.15, -0.1) is 0 Å². The van der Waals surface area contributed by atoms with Crippen LogP contribution in [0, 0.1) is 14.9 Å². The molecule has 116 valence electrons. The van der Waals surface area contributed by atoms with Crippen LogP contribution in [-0.4, -0.2) is 24.0 Å². The number of ether oxygens (including phenoxy) is 1. The molecule has 22 heavy (non-hydrogen) atoms. The number of esters is 1. The van der Waals surface area contributed by atoms with E-state index in [2.05, 4.69) is 34.0 Å². The Labute approximate surface area is 143 Å². The lowest BCUT2D eigenvalue weighted by Gasteiger charge is -2.31. The molecule has 0 atom stereocenters. The molecule has 1 aromatic carbocycles. The highest BCUT2D eigenvalue weighted by molar-refractivity contribution is 14.1. The highest BCUT2D eigenvalue weighted by Crippen LogP contribution is 2.27. The van der Waals surface area contributed by atoms with Crippen LogP contribution in [0.4, 0.5) is 0 Å². The fourth-order valence-corrected chi connectivity index (χ4v) is 2.88. The SMILES string of the molecule is N#CC1(NC(=O)COC(=O)c2ccc(I)cc2)CCCCC1. The second-order valence-corrected chi connectivity index (χ2v) is 6.63. The molecule has 1 aromatic rings. The number of halogens is 1. The standard InChI is InChI=1S/C16H17IN2O3/c17-13-6-4-12(5-7-13)15(21)22-10-14(20)19-16(11-18)8-2-1-3-9-16/h4-7H,1-3,8-10H2,(H,19,20). The van der Waals surface area contributed by atoms with Crippen LogP contribution in [0.25, 0.3) is 0 Å². The minimum atomic E-state index is -0.801. The maximum atomic E-state index is 11.9. The van der Waals surface area contributed by atoms with Crippen molar-refractivity contribution in [1.29, 1.82) is 5.26 Å². The number of hydrogen-bond acceptors (Lipinski definition) is 4. The number of nitrogens with one attached hydrogen (secondary N) is 1. The van der Waals surface area contributed by atoms with E-state index in [-0.39, 0.29) is 6.61 Å². The maximum Gasteiger partial charge on any atom is 0.338 e. The van der Waals surface area contributed by atoms with Gasteiger partial charge in [-0.1, -0.05) is 19.3 Å². The first kappa shape index (κ1) is 16.7. The van der Waals surface area contributed by atoms with Crippen LogP contribution in [-0.2, 0) is 9.53 Å². The molecule has 1 fully saturated rings. The first-order valence-electron chi connectivity index (χ1n) is 7.20. The van der Waals surface area contributed by atoms with Crippen LogP contribution >= 0.6 is 22.6 Å². The monoisotopic (exact) mass is 412 g/mol. The molecule has 0 unspecified atom stereocenters. The van der Waals surface area contributed by atoms with E-state index in [1.807, 2.05) is 0 Å². The van der Waals surface area contributed by atoms with E-state index in [4.69, 9.17) is 4.74 Å². The van der Waals surface area contributed by atoms with Crippen molar-refractivity contribution in [2.24, 2.45) is 0 Å². The lowest BCUT2D eigenvalue weighted by Crippen LogP contribution is -2.50. The second kappa shape index (κ2) is 7.58. The molecule has 0 heterocycles. The summed E-state index contributed by atoms with van der Waals surface area (Å²) in [5, 5.41) is 12.0. The summed E-state index contributed by atoms with van der Waals surface area (Å²) in [5.74, 6) is -0.969. The number of nitrogens with zero attached hydrogens (tertiary/aromatic N) is 1. The normalized spacial score (nSPS) is 16.4. The molecule has 0 radical (unpaired) electrons. The van der Waals surface area contributed by atoms with Crippen molar-refractivity contribution in [3.05, 3.63) is 33.4 Å². The van der Waals surface area contributed by atoms with Crippen molar-refractivity contribution in [1.82, 2.24) is 5.32 Å². The molecule has 2 rings (SSSR count). The lowest BCUT2D eigenvalue weighted by molar-refractivity contribution is -0.125. The molecule has 1 N–H and O–H groups in total. The minimum Gasteiger partial charge on any atom is -0.452 e. The highest BCUT2D eigenvalue weighted by atomic mass is 127. The summed E-state index contributed by atoms with van der Waals surface area (Å²) < 4.78 is 6.01. The molecular formula is C16H17IN2O3. The third kappa shape index (κ3) is 4.44. The molecule has 0 saturated heterocycles. The summed E-state index contributed by atoms with van der Waals surface area (Å²) >= 11 is 2.14. The number of carbonyl (C=O) groups is 2. The van der Waals surface area contributed by atoms with E-state index in [1.165, 1.54) is 0 Å². The van der Waals surface area contributed by atoms with E-state index in [9.17, 15) is 14.9 Å². The molecule has 6 heteroatoms. The molecule has 1 saturated carbocycles. The van der Waals surface area contributed by atoms with Gasteiger partial charge < -0.3 is 10.1 Å². The number of benzene rings is 1. The first-order chi connectivity index (χ1) is 10.5. The summed E-state index contributed by atoms with van der Waals surface area (Å²) in [4.78, 5) is 23.8. The average Bonchev–Trinajstić information content (AvgIpc) is 2.54. The zero-order valence-corrected chi connectivity index (χ0v) is 14.3. The van der Waals surface area contributed by atoms with Gasteiger partial charge in [-0.2, -0.15) is 5.26 Å². The fraction of sp³-hybridized carbons (Fsp3) is 0.438. The van der Waals surface area contributed by atoms with Crippen LogP contribution < -0.4 is 5.32 Å². The number of nitriles is 1. The Morgan fingerprint density at radius 3 is 2.45 bits per heavy atom. The summed E-state index contributed by atoms with van der Waals surface area (Å²) in [5.41, 5.74) is -0.397. The van der Waals surface area contributed by atoms with Gasteiger partial charge in [-0.25, -0.2) is 4.79 Å². The van der Waals surface area contributed by atoms with Gasteiger partial charge in [0.05, 0.1) is 11.6 Å². The Kier molecular flexibility index (Phi) is 5.77. The van der Waals surface area contributed by atoms with Gasteiger partial charge in [0.1, 0.15) is 5.54 Å². The third-order valence-corrected chi connectivity index (χ3v) is 4.43. The quantitative estimate of drug-likeness (QED) is 0.610. The van der Waals surface area contributed by atoms with E-state index in [1.54, 1.807) is 24.3 Å². The number of amides is 1. The van der Waals surface area contributed by atoms with Gasteiger partial charge >= 0.3 is 5.97 Å². The van der Waals surface area contributed by atoms with Crippen molar-refractivity contribution in [2.45, 2.75) is 37.6 Å². The molecule has 1 amide bonds. The predicted octanol–water partition coefficient (Wildman–Crippen LogP) is 2.79. The van der Waals surface area contributed by atoms with E-state index >= 15 is 0 Å². The molecule has 0 aromatic heterocycles. The largest absolute Gasteiger partial charge is 0.452 e. The molecule has 0 spiro atoms. The van der Waals surface area contributed by atoms with Crippen LogP contribution in [0.15, 0.2) is 24.3 Å². The van der Waals surface area contributed by atoms with Gasteiger partial charge in [0.25, 0.3) is 5.91 Å². The minimum absolute atomic E-state index is 0.367. The zero-order chi connectivity index (χ0) is 16.0. The summed E-state index contributed by atoms with van der Waals surface area (Å²) in [7, 11) is 0. The number of carbonyl (C=O) groups excluding carboxylic acids is 2. The predicted molar refractivity (Wildman–Crippen MR) is 89.0 cm³/mol. The lowest BCUT2D eigenvalue weighted by atomic mass is 9.83. The van der Waals surface area contributed by atoms with Crippen molar-refractivity contribution >= 4 is 34.5 Å². The topological polar surface area (TPSA) is 79.2 Å². The van der Waals surface area contributed by atoms with Crippen LogP contribution in [0.2, 0.25) is 0 Å². The van der Waals surface area contributed by atoms with Crippen molar-refractivity contribution in [3.8, 4) is 6.07 Å². The summed E-state index contributed by atoms with van der Waals surface area (Å²) in [6, 6.07) is 9.10. The zero-order valence-electron chi connectivity index (χ0n) is 12.1. The highest BCUT2D eigenvalue weighted by Gasteiger charge is 2.33. The molecule has 1 aliphatic carbocycles. The van der Waals surface area contributed by atoms with Crippen LogP contribution in [0.1, 0.15) is 42.5 Å². The molecule has 5 nitrogen and oxygen atoms in total. The fourth-order valence-electron chi connectivity index (χ4n) is 2.52. The van der Waals surface area contributed by atoms with Crippen LogP contribution in [0.5, 0.6) is 0 Å². The molecular weight excluding hydrogens is 395 g/mol. The Morgan fingerprint density at radius 2 is 1.86 bits per heavy atom. The summed E-state index contributed by atoms with van der Waals surface area (Å²) in [6.07, 6.45) is 4.24. The van der Waals surface area contributed by atoms with Crippen molar-refractivity contribution in [2.75, 3.05) is 6.61 Å². The molecule has 1 aliphatic rings. The Balaban J connectivity index is 1.86. The van der Waals surface area contributed by atoms with Gasteiger partial charge in [-0.05, 0) is 59.7 Å². The number of hydrogen-bond donors (Lipinski definition) is 1. The van der Waals surface area contributed by atoms with Gasteiger partial charge in [0.15, 0.2) is 6.61 Å². The van der Waals surface area contributed by atoms with Crippen molar-refractivity contribution in [3.63, 3.8) is 0 Å². The Morgan fingerprint density at radius 1 is 1.23 bits per heavy atom. The van der Waals surface area contributed by atoms with E-state index in [0.717, 1.165) is 22.8 Å². The maximum absolute atomic E-state index is 11.9. The van der Waals surface area contributed by atoms with Gasteiger partial charge in [-0.3, -0.25) is 4.79 Å². The first-order valence-corrected chi connectivity index (χ1v) is 8.27. The summed E-state index contributed by atoms with van der Waals surface area (Å²) in [6.45, 7) is -0.367. The van der Waals surface area contributed by atoms with Gasteiger partial charge in [0, 0.05) is 3.57 Å². The van der Waals surface area contributed by atoms with E-state index in [0.29, 0.717) is 18.4 Å². The molecule has 0 bridgehead atoms. The van der Waals surface area contributed by atoms with Crippen LogP contribution in [0.3, 0.4) is 0 Å².